The van der Waals surface area contributed by atoms with E-state index in [1.54, 1.807) is 0 Å². The lowest BCUT2D eigenvalue weighted by molar-refractivity contribution is -0.173. The van der Waals surface area contributed by atoms with Crippen LogP contribution in [0.15, 0.2) is 43.0 Å². The molecular weight excluding hydrogens is 344 g/mol. The molecule has 0 unspecified atom stereocenters. The van der Waals surface area contributed by atoms with Crippen molar-refractivity contribution in [2.24, 2.45) is 0 Å². The summed E-state index contributed by atoms with van der Waals surface area (Å²) in [5.41, 5.74) is 1.17. The van der Waals surface area contributed by atoms with Gasteiger partial charge in [-0.15, -0.1) is 6.58 Å². The second kappa shape index (κ2) is 10.4. The van der Waals surface area contributed by atoms with E-state index >= 15 is 0 Å². The zero-order valence-corrected chi connectivity index (χ0v) is 15.9. The zero-order chi connectivity index (χ0) is 18.9. The summed E-state index contributed by atoms with van der Waals surface area (Å²) in [6, 6.07) is 10.0. The van der Waals surface area contributed by atoms with Crippen molar-refractivity contribution in [1.82, 2.24) is 9.96 Å². The van der Waals surface area contributed by atoms with Crippen LogP contribution in [0, 0.1) is 0 Å². The molecule has 0 aliphatic carbocycles. The topological polar surface area (TPSA) is 51.2 Å². The van der Waals surface area contributed by atoms with Crippen molar-refractivity contribution in [2.45, 2.75) is 37.8 Å². The predicted octanol–water partition coefficient (Wildman–Crippen LogP) is 3.04. The van der Waals surface area contributed by atoms with Gasteiger partial charge in [-0.1, -0.05) is 36.4 Å². The smallest absolute Gasteiger partial charge is 0.434 e. The van der Waals surface area contributed by atoms with Gasteiger partial charge in [-0.25, -0.2) is 4.79 Å². The van der Waals surface area contributed by atoms with Gasteiger partial charge in [0.25, 0.3) is 0 Å². The highest BCUT2D eigenvalue weighted by molar-refractivity contribution is 5.68. The third-order valence-corrected chi connectivity index (χ3v) is 5.02. The third kappa shape index (κ3) is 6.06. The van der Waals surface area contributed by atoms with E-state index < -0.39 is 6.09 Å². The van der Waals surface area contributed by atoms with Crippen LogP contribution < -0.4 is 0 Å². The Morgan fingerprint density at radius 1 is 1.26 bits per heavy atom. The number of ether oxygens (including phenoxy) is 2. The maximum Gasteiger partial charge on any atom is 0.434 e. The van der Waals surface area contributed by atoms with Crippen LogP contribution in [0.25, 0.3) is 0 Å². The summed E-state index contributed by atoms with van der Waals surface area (Å²) in [6.07, 6.45) is 4.74. The molecule has 27 heavy (non-hydrogen) atoms. The first-order valence-corrected chi connectivity index (χ1v) is 9.84. The maximum atomic E-state index is 12.2. The normalized spacial score (nSPS) is 21.9. The molecular formula is C21H30N2O4. The standard InChI is InChI=1S/C21H30N2O4/c1-2-7-20(10-6-11-22-12-14-25-15-13-22)27-23-19(17-26-21(23)24)16-18-8-4-3-5-9-18/h2-5,8-9,19-20H,1,6-7,10-17H2/t19-,20-/m0/s1. The number of nitrogens with zero attached hydrogens (tertiary/aromatic N) is 2. The average molecular weight is 374 g/mol. The highest BCUT2D eigenvalue weighted by atomic mass is 16.7. The Hall–Kier alpha value is -1.89. The second-order valence-electron chi connectivity index (χ2n) is 7.09. The number of morpholine rings is 1. The molecule has 2 heterocycles. The lowest BCUT2D eigenvalue weighted by Gasteiger charge is -2.28. The minimum atomic E-state index is -0.391. The molecule has 148 valence electrons. The molecule has 0 spiro atoms. The van der Waals surface area contributed by atoms with E-state index in [2.05, 4.69) is 23.6 Å². The molecule has 2 atom stereocenters. The summed E-state index contributed by atoms with van der Waals surface area (Å²) < 4.78 is 10.6. The molecule has 1 amide bonds. The molecule has 2 fully saturated rings. The summed E-state index contributed by atoms with van der Waals surface area (Å²) in [6.45, 7) is 8.83. The van der Waals surface area contributed by atoms with Gasteiger partial charge in [0, 0.05) is 13.1 Å². The number of hydrogen-bond donors (Lipinski definition) is 0. The monoisotopic (exact) mass is 374 g/mol. The third-order valence-electron chi connectivity index (χ3n) is 5.02. The fourth-order valence-electron chi connectivity index (χ4n) is 3.53. The molecule has 2 saturated heterocycles. The largest absolute Gasteiger partial charge is 0.446 e. The van der Waals surface area contributed by atoms with Gasteiger partial charge in [0.15, 0.2) is 0 Å². The molecule has 0 radical (unpaired) electrons. The Kier molecular flexibility index (Phi) is 7.68. The van der Waals surface area contributed by atoms with Gasteiger partial charge in [0.1, 0.15) is 12.6 Å². The summed E-state index contributed by atoms with van der Waals surface area (Å²) in [5.74, 6) is 0. The number of carbonyl (C=O) groups is 1. The van der Waals surface area contributed by atoms with Crippen molar-refractivity contribution in [3.63, 3.8) is 0 Å². The van der Waals surface area contributed by atoms with E-state index in [-0.39, 0.29) is 12.1 Å². The van der Waals surface area contributed by atoms with E-state index in [4.69, 9.17) is 14.3 Å². The van der Waals surface area contributed by atoms with Gasteiger partial charge in [-0.2, -0.15) is 5.06 Å². The molecule has 2 aliphatic heterocycles. The number of hydroxylamine groups is 2. The van der Waals surface area contributed by atoms with Crippen LogP contribution in [-0.4, -0.2) is 67.7 Å². The highest BCUT2D eigenvalue weighted by Gasteiger charge is 2.36. The van der Waals surface area contributed by atoms with Crippen LogP contribution in [0.2, 0.25) is 0 Å². The lowest BCUT2D eigenvalue weighted by atomic mass is 10.1. The number of rotatable bonds is 10. The Morgan fingerprint density at radius 2 is 2.04 bits per heavy atom. The molecule has 0 N–H and O–H groups in total. The van der Waals surface area contributed by atoms with Crippen LogP contribution in [0.3, 0.4) is 0 Å². The minimum Gasteiger partial charge on any atom is -0.446 e. The Morgan fingerprint density at radius 3 is 2.78 bits per heavy atom. The Labute approximate surface area is 161 Å². The van der Waals surface area contributed by atoms with E-state index in [0.717, 1.165) is 52.1 Å². The van der Waals surface area contributed by atoms with E-state index in [9.17, 15) is 4.79 Å². The quantitative estimate of drug-likeness (QED) is 0.589. The molecule has 0 bridgehead atoms. The summed E-state index contributed by atoms with van der Waals surface area (Å²) in [4.78, 5) is 20.7. The number of amides is 1. The van der Waals surface area contributed by atoms with Gasteiger partial charge in [-0.05, 0) is 37.8 Å². The molecule has 6 nitrogen and oxygen atoms in total. The first kappa shape index (κ1) is 19.9. The summed E-state index contributed by atoms with van der Waals surface area (Å²) in [5, 5.41) is 1.44. The predicted molar refractivity (Wildman–Crippen MR) is 103 cm³/mol. The Bertz CT molecular complexity index is 589. The van der Waals surface area contributed by atoms with Crippen LogP contribution in [0.5, 0.6) is 0 Å². The first-order chi connectivity index (χ1) is 13.3. The van der Waals surface area contributed by atoms with Crippen molar-refractivity contribution in [3.8, 4) is 0 Å². The summed E-state index contributed by atoms with van der Waals surface area (Å²) in [7, 11) is 0. The Balaban J connectivity index is 1.51. The number of cyclic esters (lactones) is 1. The maximum absolute atomic E-state index is 12.2. The average Bonchev–Trinajstić information content (AvgIpc) is 3.03. The number of hydrogen-bond acceptors (Lipinski definition) is 5. The molecule has 2 aliphatic rings. The van der Waals surface area contributed by atoms with Crippen LogP contribution in [0.4, 0.5) is 4.79 Å². The first-order valence-electron chi connectivity index (χ1n) is 9.84. The summed E-state index contributed by atoms with van der Waals surface area (Å²) >= 11 is 0. The van der Waals surface area contributed by atoms with Gasteiger partial charge in [-0.3, -0.25) is 9.74 Å². The van der Waals surface area contributed by atoms with E-state index in [1.807, 2.05) is 24.3 Å². The zero-order valence-electron chi connectivity index (χ0n) is 15.9. The van der Waals surface area contributed by atoms with Crippen LogP contribution in [-0.2, 0) is 20.7 Å². The lowest BCUT2D eigenvalue weighted by Crippen LogP contribution is -2.39. The van der Waals surface area contributed by atoms with E-state index in [1.165, 1.54) is 10.6 Å². The van der Waals surface area contributed by atoms with Crippen molar-refractivity contribution in [3.05, 3.63) is 48.6 Å². The highest BCUT2D eigenvalue weighted by Crippen LogP contribution is 2.21. The molecule has 1 aromatic carbocycles. The molecule has 1 aromatic rings. The van der Waals surface area contributed by atoms with E-state index in [0.29, 0.717) is 13.0 Å². The van der Waals surface area contributed by atoms with Crippen molar-refractivity contribution >= 4 is 6.09 Å². The molecule has 0 aromatic heterocycles. The number of carbonyl (C=O) groups excluding carboxylic acids is 1. The van der Waals surface area contributed by atoms with Crippen molar-refractivity contribution < 1.29 is 19.1 Å². The van der Waals surface area contributed by atoms with Gasteiger partial charge < -0.3 is 9.47 Å². The minimum absolute atomic E-state index is 0.0625. The van der Waals surface area contributed by atoms with Crippen molar-refractivity contribution in [2.75, 3.05) is 39.5 Å². The fourth-order valence-corrected chi connectivity index (χ4v) is 3.53. The van der Waals surface area contributed by atoms with Gasteiger partial charge >= 0.3 is 6.09 Å². The van der Waals surface area contributed by atoms with Gasteiger partial charge in [0.05, 0.1) is 19.3 Å². The second-order valence-corrected chi connectivity index (χ2v) is 7.09. The number of benzene rings is 1. The molecule has 3 rings (SSSR count). The van der Waals surface area contributed by atoms with Crippen LogP contribution in [0.1, 0.15) is 24.8 Å². The SMILES string of the molecule is C=CC[C@@H](CCCN1CCOCC1)ON1C(=O)OC[C@@H]1Cc1ccccc1. The van der Waals surface area contributed by atoms with Crippen molar-refractivity contribution in [1.29, 1.82) is 0 Å². The van der Waals surface area contributed by atoms with Gasteiger partial charge in [0.2, 0.25) is 0 Å². The fraction of sp³-hybridized carbons (Fsp3) is 0.571. The molecule has 6 heteroatoms. The molecule has 0 saturated carbocycles. The van der Waals surface area contributed by atoms with Crippen LogP contribution >= 0.6 is 0 Å².